The summed E-state index contributed by atoms with van der Waals surface area (Å²) in [5, 5.41) is 6.43. The normalized spacial score (nSPS) is 15.1. The lowest BCUT2D eigenvalue weighted by Gasteiger charge is -2.29. The third kappa shape index (κ3) is 6.13. The zero-order valence-electron chi connectivity index (χ0n) is 19.8. The Morgan fingerprint density at radius 3 is 2.38 bits per heavy atom. The van der Waals surface area contributed by atoms with E-state index in [1.165, 1.54) is 25.7 Å². The molecule has 1 aromatic carbocycles. The Morgan fingerprint density at radius 2 is 1.82 bits per heavy atom. The molecule has 34 heavy (non-hydrogen) atoms. The van der Waals surface area contributed by atoms with E-state index in [0.29, 0.717) is 18.9 Å². The fourth-order valence-electron chi connectivity index (χ4n) is 3.77. The average Bonchev–Trinajstić information content (AvgIpc) is 3.16. The number of aromatic nitrogens is 1. The van der Waals surface area contributed by atoms with Gasteiger partial charge in [-0.25, -0.2) is 8.42 Å². The minimum atomic E-state index is -4.02. The molecule has 3 rings (SSSR count). The van der Waals surface area contributed by atoms with Crippen molar-refractivity contribution >= 4 is 33.2 Å². The fourth-order valence-corrected chi connectivity index (χ4v) is 5.30. The Hall–Kier alpha value is -2.96. The van der Waals surface area contributed by atoms with Crippen molar-refractivity contribution in [3.05, 3.63) is 35.7 Å². The van der Waals surface area contributed by atoms with E-state index in [-0.39, 0.29) is 35.3 Å². The summed E-state index contributed by atoms with van der Waals surface area (Å²) in [5.74, 6) is -0.762. The molecular weight excluding hydrogens is 462 g/mol. The van der Waals surface area contributed by atoms with Crippen LogP contribution >= 0.6 is 0 Å². The van der Waals surface area contributed by atoms with Gasteiger partial charge < -0.3 is 24.4 Å². The van der Waals surface area contributed by atoms with Crippen LogP contribution in [-0.2, 0) is 24.3 Å². The highest BCUT2D eigenvalue weighted by atomic mass is 32.2. The van der Waals surface area contributed by atoms with E-state index in [1.54, 1.807) is 19.1 Å². The summed E-state index contributed by atoms with van der Waals surface area (Å²) in [6, 6.07) is 6.38. The van der Waals surface area contributed by atoms with Gasteiger partial charge in [0.05, 0.1) is 25.8 Å². The van der Waals surface area contributed by atoms with E-state index in [0.717, 1.165) is 18.8 Å². The third-order valence-electron chi connectivity index (χ3n) is 5.49. The van der Waals surface area contributed by atoms with Crippen LogP contribution in [0.3, 0.4) is 0 Å². The lowest BCUT2D eigenvalue weighted by Crippen LogP contribution is -2.49. The summed E-state index contributed by atoms with van der Waals surface area (Å²) in [5.41, 5.74) is 1.86. The van der Waals surface area contributed by atoms with Crippen LogP contribution in [0.4, 0.5) is 11.4 Å². The van der Waals surface area contributed by atoms with Crippen molar-refractivity contribution in [3.8, 4) is 0 Å². The van der Waals surface area contributed by atoms with Gasteiger partial charge in [0.2, 0.25) is 21.8 Å². The number of carbonyl (C=O) groups excluding carboxylic acids is 2. The number of hydrogen-bond donors (Lipinski definition) is 2. The number of anilines is 2. The molecule has 186 valence electrons. The highest BCUT2D eigenvalue weighted by Gasteiger charge is 2.30. The molecule has 1 aliphatic heterocycles. The molecule has 2 aromatic rings. The van der Waals surface area contributed by atoms with E-state index >= 15 is 0 Å². The highest BCUT2D eigenvalue weighted by Crippen LogP contribution is 2.20. The highest BCUT2D eigenvalue weighted by molar-refractivity contribution is 7.89. The van der Waals surface area contributed by atoms with Gasteiger partial charge in [-0.1, -0.05) is 5.16 Å². The number of benzene rings is 1. The van der Waals surface area contributed by atoms with Crippen molar-refractivity contribution in [3.63, 3.8) is 0 Å². The summed E-state index contributed by atoms with van der Waals surface area (Å²) in [6.45, 7) is 9.18. The fraction of sp³-hybridized carbons (Fsp3) is 0.500. The molecule has 2 heterocycles. The van der Waals surface area contributed by atoms with Gasteiger partial charge in [0, 0.05) is 31.0 Å². The number of ether oxygens (including phenoxy) is 1. The second kappa shape index (κ2) is 11.0. The van der Waals surface area contributed by atoms with Crippen molar-refractivity contribution < 1.29 is 27.3 Å². The molecule has 1 aromatic heterocycles. The standard InChI is InChI=1S/C22H31N5O6S/c1-5-26(22(29)16(3)25-34(30,31)21-15(2)24-33-17(21)4)14-20(28)23-18-6-8-19(9-7-18)27-10-12-32-13-11-27/h6-9,16,25H,5,10-14H2,1-4H3,(H,23,28)/t16-/m0/s1. The van der Waals surface area contributed by atoms with E-state index in [1.807, 2.05) is 12.1 Å². The van der Waals surface area contributed by atoms with Crippen LogP contribution in [0.5, 0.6) is 0 Å². The Kier molecular flexibility index (Phi) is 8.28. The van der Waals surface area contributed by atoms with Crippen molar-refractivity contribution in [2.24, 2.45) is 0 Å². The smallest absolute Gasteiger partial charge is 0.246 e. The molecule has 0 radical (unpaired) electrons. The minimum absolute atomic E-state index is 0.0894. The summed E-state index contributed by atoms with van der Waals surface area (Å²) >= 11 is 0. The molecule has 0 spiro atoms. The number of amides is 2. The number of rotatable bonds is 9. The number of likely N-dealkylation sites (N-methyl/N-ethyl adjacent to an activating group) is 1. The van der Waals surface area contributed by atoms with Gasteiger partial charge in [-0.15, -0.1) is 0 Å². The summed E-state index contributed by atoms with van der Waals surface area (Å²) in [7, 11) is -4.02. The summed E-state index contributed by atoms with van der Waals surface area (Å²) in [4.78, 5) is 28.8. The largest absolute Gasteiger partial charge is 0.378 e. The molecule has 0 saturated carbocycles. The van der Waals surface area contributed by atoms with Crippen LogP contribution in [0.25, 0.3) is 0 Å². The zero-order chi connectivity index (χ0) is 24.9. The molecule has 0 bridgehead atoms. The van der Waals surface area contributed by atoms with E-state index < -0.39 is 22.0 Å². The van der Waals surface area contributed by atoms with Crippen molar-refractivity contribution in [2.75, 3.05) is 49.6 Å². The number of nitrogens with one attached hydrogen (secondary N) is 2. The maximum absolute atomic E-state index is 12.9. The second-order valence-corrected chi connectivity index (χ2v) is 9.69. The first-order chi connectivity index (χ1) is 16.1. The molecule has 2 N–H and O–H groups in total. The van der Waals surface area contributed by atoms with Gasteiger partial charge >= 0.3 is 0 Å². The molecule has 1 fully saturated rings. The maximum atomic E-state index is 12.9. The lowest BCUT2D eigenvalue weighted by molar-refractivity contribution is -0.135. The van der Waals surface area contributed by atoms with Gasteiger partial charge in [-0.05, 0) is 52.0 Å². The van der Waals surface area contributed by atoms with E-state index in [9.17, 15) is 18.0 Å². The lowest BCUT2D eigenvalue weighted by atomic mass is 10.2. The molecule has 1 aliphatic rings. The predicted octanol–water partition coefficient (Wildman–Crippen LogP) is 1.28. The molecule has 0 unspecified atom stereocenters. The van der Waals surface area contributed by atoms with Crippen LogP contribution in [0.1, 0.15) is 25.3 Å². The number of nitrogens with zero attached hydrogens (tertiary/aromatic N) is 3. The molecule has 0 aliphatic carbocycles. The van der Waals surface area contributed by atoms with Crippen LogP contribution in [0, 0.1) is 13.8 Å². The first kappa shape index (κ1) is 25.7. The number of morpholine rings is 1. The Balaban J connectivity index is 1.58. The van der Waals surface area contributed by atoms with E-state index in [4.69, 9.17) is 9.26 Å². The first-order valence-electron chi connectivity index (χ1n) is 11.1. The van der Waals surface area contributed by atoms with E-state index in [2.05, 4.69) is 20.1 Å². The number of carbonyl (C=O) groups is 2. The topological polar surface area (TPSA) is 134 Å². The first-order valence-corrected chi connectivity index (χ1v) is 12.6. The molecule has 2 amide bonds. The number of hydrogen-bond acceptors (Lipinski definition) is 8. The van der Waals surface area contributed by atoms with Gasteiger partial charge in [0.15, 0.2) is 5.76 Å². The molecule has 1 saturated heterocycles. The molecule has 12 heteroatoms. The SMILES string of the molecule is CCN(CC(=O)Nc1ccc(N2CCOCC2)cc1)C(=O)[C@H](C)NS(=O)(=O)c1c(C)noc1C. The maximum Gasteiger partial charge on any atom is 0.246 e. The van der Waals surface area contributed by atoms with Crippen LogP contribution in [0.15, 0.2) is 33.7 Å². The monoisotopic (exact) mass is 493 g/mol. The number of sulfonamides is 1. The van der Waals surface area contributed by atoms with Crippen molar-refractivity contribution in [2.45, 2.75) is 38.6 Å². The Morgan fingerprint density at radius 1 is 1.18 bits per heavy atom. The van der Waals surface area contributed by atoms with Gasteiger partial charge in [-0.3, -0.25) is 9.59 Å². The summed E-state index contributed by atoms with van der Waals surface area (Å²) < 4.78 is 38.0. The quantitative estimate of drug-likeness (QED) is 0.534. The van der Waals surface area contributed by atoms with Crippen molar-refractivity contribution in [1.82, 2.24) is 14.8 Å². The van der Waals surface area contributed by atoms with Gasteiger partial charge in [0.1, 0.15) is 10.6 Å². The Bertz CT molecular complexity index is 1090. The van der Waals surface area contributed by atoms with Crippen LogP contribution in [0.2, 0.25) is 0 Å². The van der Waals surface area contributed by atoms with Crippen LogP contribution in [-0.4, -0.2) is 75.7 Å². The Labute approximate surface area is 199 Å². The molecule has 11 nitrogen and oxygen atoms in total. The predicted molar refractivity (Wildman–Crippen MR) is 126 cm³/mol. The average molecular weight is 494 g/mol. The minimum Gasteiger partial charge on any atom is -0.378 e. The zero-order valence-corrected chi connectivity index (χ0v) is 20.6. The second-order valence-electron chi connectivity index (χ2n) is 8.04. The van der Waals surface area contributed by atoms with Gasteiger partial charge in [0.25, 0.3) is 0 Å². The van der Waals surface area contributed by atoms with Crippen molar-refractivity contribution in [1.29, 1.82) is 0 Å². The third-order valence-corrected chi connectivity index (χ3v) is 7.28. The molecule has 1 atom stereocenters. The molecular formula is C22H31N5O6S. The van der Waals surface area contributed by atoms with Gasteiger partial charge in [-0.2, -0.15) is 4.72 Å². The van der Waals surface area contributed by atoms with Crippen LogP contribution < -0.4 is 14.9 Å². The summed E-state index contributed by atoms with van der Waals surface area (Å²) in [6.07, 6.45) is 0. The number of aryl methyl sites for hydroxylation is 2.